The van der Waals surface area contributed by atoms with Crippen LogP contribution < -0.4 is 0 Å². The Morgan fingerprint density at radius 1 is 1.75 bits per heavy atom. The molecule has 3 heteroatoms. The Balaban J connectivity index is 2.86. The first-order valence-corrected chi connectivity index (χ1v) is 4.13. The van der Waals surface area contributed by atoms with Crippen LogP contribution in [0.3, 0.4) is 0 Å². The molecule has 0 atom stereocenters. The second-order valence-corrected chi connectivity index (χ2v) is 3.00. The summed E-state index contributed by atoms with van der Waals surface area (Å²) in [6, 6.07) is 0. The fourth-order valence-corrected chi connectivity index (χ4v) is 1.18. The summed E-state index contributed by atoms with van der Waals surface area (Å²) in [7, 11) is 1.87. The Kier molecular flexibility index (Phi) is 2.63. The van der Waals surface area contributed by atoms with E-state index in [0.717, 1.165) is 11.1 Å². The smallest absolute Gasteiger partial charge is 0.160 e. The lowest BCUT2D eigenvalue weighted by Gasteiger charge is -2.19. The molecular formula is C9H14N2O. The van der Waals surface area contributed by atoms with E-state index in [2.05, 4.69) is 5.10 Å². The van der Waals surface area contributed by atoms with Gasteiger partial charge in [0.25, 0.3) is 0 Å². The minimum atomic E-state index is 0.227. The van der Waals surface area contributed by atoms with Gasteiger partial charge in [0.2, 0.25) is 0 Å². The van der Waals surface area contributed by atoms with Gasteiger partial charge < -0.3 is 0 Å². The largest absolute Gasteiger partial charge is 0.296 e. The number of hydrogen-bond donors (Lipinski definition) is 0. The van der Waals surface area contributed by atoms with Gasteiger partial charge in [-0.15, -0.1) is 0 Å². The van der Waals surface area contributed by atoms with E-state index in [4.69, 9.17) is 0 Å². The van der Waals surface area contributed by atoms with Crippen LogP contribution >= 0.6 is 0 Å². The number of allylic oxidation sites excluding steroid dienone is 1. The summed E-state index contributed by atoms with van der Waals surface area (Å²) in [6.45, 7) is 4.46. The molecule has 0 saturated heterocycles. The molecule has 0 aromatic heterocycles. The number of hydrogen-bond acceptors (Lipinski definition) is 3. The van der Waals surface area contributed by atoms with Crippen molar-refractivity contribution in [1.29, 1.82) is 0 Å². The molecule has 0 radical (unpaired) electrons. The first kappa shape index (κ1) is 8.97. The Bertz CT molecular complexity index is 253. The van der Waals surface area contributed by atoms with E-state index in [9.17, 15) is 4.79 Å². The van der Waals surface area contributed by atoms with Crippen molar-refractivity contribution < 1.29 is 4.79 Å². The molecule has 3 nitrogen and oxygen atoms in total. The molecule has 1 heterocycles. The van der Waals surface area contributed by atoms with Crippen LogP contribution in [0, 0.1) is 0 Å². The summed E-state index contributed by atoms with van der Waals surface area (Å²) in [4.78, 5) is 11.4. The van der Waals surface area contributed by atoms with Gasteiger partial charge in [-0.25, -0.2) is 0 Å². The van der Waals surface area contributed by atoms with Gasteiger partial charge in [-0.05, 0) is 12.5 Å². The van der Waals surface area contributed by atoms with Gasteiger partial charge in [0.05, 0.1) is 12.8 Å². The van der Waals surface area contributed by atoms with Gasteiger partial charge in [-0.2, -0.15) is 5.10 Å². The summed E-state index contributed by atoms with van der Waals surface area (Å²) in [5.74, 6) is 0.227. The van der Waals surface area contributed by atoms with Crippen molar-refractivity contribution in [2.75, 3.05) is 13.6 Å². The lowest BCUT2D eigenvalue weighted by atomic mass is 10.0. The van der Waals surface area contributed by atoms with E-state index in [-0.39, 0.29) is 5.78 Å². The maximum Gasteiger partial charge on any atom is 0.160 e. The number of rotatable bonds is 2. The lowest BCUT2D eigenvalue weighted by molar-refractivity contribution is -0.115. The third kappa shape index (κ3) is 1.72. The second kappa shape index (κ2) is 3.52. The van der Waals surface area contributed by atoms with Gasteiger partial charge in [0.15, 0.2) is 5.78 Å². The van der Waals surface area contributed by atoms with Gasteiger partial charge in [0.1, 0.15) is 0 Å². The van der Waals surface area contributed by atoms with E-state index in [1.165, 1.54) is 0 Å². The monoisotopic (exact) mass is 166 g/mol. The molecule has 1 rings (SSSR count). The highest BCUT2D eigenvalue weighted by atomic mass is 16.1. The van der Waals surface area contributed by atoms with Crippen LogP contribution in [0.25, 0.3) is 0 Å². The number of hydrazone groups is 1. The summed E-state index contributed by atoms with van der Waals surface area (Å²) >= 11 is 0. The van der Waals surface area contributed by atoms with Crippen molar-refractivity contribution in [3.05, 3.63) is 11.1 Å². The van der Waals surface area contributed by atoms with E-state index in [1.807, 2.05) is 20.9 Å². The van der Waals surface area contributed by atoms with E-state index in [0.29, 0.717) is 13.0 Å². The summed E-state index contributed by atoms with van der Waals surface area (Å²) in [5.41, 5.74) is 1.90. The first-order chi connectivity index (χ1) is 5.65. The Hall–Kier alpha value is -1.12. The van der Waals surface area contributed by atoms with Gasteiger partial charge in [-0.3, -0.25) is 9.80 Å². The SMILES string of the molecule is CCC(=O)C1=C(C)C=NN(C)C1. The van der Waals surface area contributed by atoms with Crippen molar-refractivity contribution in [2.24, 2.45) is 5.10 Å². The molecule has 0 aliphatic carbocycles. The Morgan fingerprint density at radius 2 is 2.42 bits per heavy atom. The highest BCUT2D eigenvalue weighted by Crippen LogP contribution is 2.11. The molecule has 0 amide bonds. The van der Waals surface area contributed by atoms with Crippen molar-refractivity contribution in [3.8, 4) is 0 Å². The van der Waals surface area contributed by atoms with Crippen molar-refractivity contribution in [2.45, 2.75) is 20.3 Å². The number of carbonyl (C=O) groups is 1. The zero-order valence-corrected chi connectivity index (χ0v) is 7.79. The fraction of sp³-hybridized carbons (Fsp3) is 0.556. The van der Waals surface area contributed by atoms with Crippen LogP contribution in [0.1, 0.15) is 20.3 Å². The van der Waals surface area contributed by atoms with Gasteiger partial charge in [0, 0.05) is 19.0 Å². The summed E-state index contributed by atoms with van der Waals surface area (Å²) < 4.78 is 0. The molecule has 66 valence electrons. The molecular weight excluding hydrogens is 152 g/mol. The molecule has 12 heavy (non-hydrogen) atoms. The minimum Gasteiger partial charge on any atom is -0.296 e. The fourth-order valence-electron chi connectivity index (χ4n) is 1.18. The molecule has 0 aromatic rings. The van der Waals surface area contributed by atoms with E-state index in [1.54, 1.807) is 11.2 Å². The normalized spacial score (nSPS) is 17.1. The molecule has 1 aliphatic heterocycles. The molecule has 0 spiro atoms. The van der Waals surface area contributed by atoms with Gasteiger partial charge >= 0.3 is 0 Å². The summed E-state index contributed by atoms with van der Waals surface area (Å²) in [6.07, 6.45) is 2.32. The number of Topliss-reactive ketones (excluding diaryl/α,β-unsaturated/α-hetero) is 1. The van der Waals surface area contributed by atoms with E-state index >= 15 is 0 Å². The molecule has 0 aromatic carbocycles. The van der Waals surface area contributed by atoms with Crippen LogP contribution in [0.2, 0.25) is 0 Å². The minimum absolute atomic E-state index is 0.227. The average molecular weight is 166 g/mol. The van der Waals surface area contributed by atoms with Crippen molar-refractivity contribution >= 4 is 12.0 Å². The topological polar surface area (TPSA) is 32.7 Å². The predicted molar refractivity (Wildman–Crippen MR) is 49.1 cm³/mol. The van der Waals surface area contributed by atoms with Crippen molar-refractivity contribution in [1.82, 2.24) is 5.01 Å². The molecule has 0 saturated carbocycles. The summed E-state index contributed by atoms with van der Waals surface area (Å²) in [5, 5.41) is 5.85. The Morgan fingerprint density at radius 3 is 3.00 bits per heavy atom. The van der Waals surface area contributed by atoms with Crippen LogP contribution in [0.5, 0.6) is 0 Å². The molecule has 0 N–H and O–H groups in total. The van der Waals surface area contributed by atoms with Crippen molar-refractivity contribution in [3.63, 3.8) is 0 Å². The molecule has 1 aliphatic rings. The third-order valence-corrected chi connectivity index (χ3v) is 1.97. The highest BCUT2D eigenvalue weighted by Gasteiger charge is 2.14. The zero-order valence-electron chi connectivity index (χ0n) is 7.79. The van der Waals surface area contributed by atoms with E-state index < -0.39 is 0 Å². The quantitative estimate of drug-likeness (QED) is 0.617. The molecule has 0 bridgehead atoms. The second-order valence-electron chi connectivity index (χ2n) is 3.00. The number of ketones is 1. The average Bonchev–Trinajstić information content (AvgIpc) is 2.08. The van der Waals surface area contributed by atoms with Crippen LogP contribution in [-0.2, 0) is 4.79 Å². The lowest BCUT2D eigenvalue weighted by Crippen LogP contribution is -2.24. The maximum absolute atomic E-state index is 11.4. The number of nitrogens with zero attached hydrogens (tertiary/aromatic N) is 2. The number of likely N-dealkylation sites (N-methyl/N-ethyl adjacent to an activating group) is 1. The van der Waals surface area contributed by atoms with Gasteiger partial charge in [-0.1, -0.05) is 6.92 Å². The highest BCUT2D eigenvalue weighted by molar-refractivity contribution is 6.01. The van der Waals surface area contributed by atoms with Crippen LogP contribution in [0.15, 0.2) is 16.2 Å². The first-order valence-electron chi connectivity index (χ1n) is 4.13. The maximum atomic E-state index is 11.4. The molecule has 0 unspecified atom stereocenters. The van der Waals surface area contributed by atoms with Crippen LogP contribution in [-0.4, -0.2) is 30.6 Å². The predicted octanol–water partition coefficient (Wildman–Crippen LogP) is 1.21. The zero-order chi connectivity index (χ0) is 9.14. The molecule has 0 fully saturated rings. The Labute approximate surface area is 72.8 Å². The van der Waals surface area contributed by atoms with Crippen LogP contribution in [0.4, 0.5) is 0 Å². The standard InChI is InChI=1S/C9H14N2O/c1-4-9(12)8-6-11(3)10-5-7(8)2/h5H,4,6H2,1-3H3. The third-order valence-electron chi connectivity index (χ3n) is 1.97. The number of carbonyl (C=O) groups excluding carboxylic acids is 1.